The van der Waals surface area contributed by atoms with Crippen LogP contribution in [0.5, 0.6) is 0 Å². The molecule has 102 valence electrons. The van der Waals surface area contributed by atoms with Gasteiger partial charge in [0.15, 0.2) is 0 Å². The first-order chi connectivity index (χ1) is 9.75. The Balaban J connectivity index is 1.86. The van der Waals surface area contributed by atoms with Crippen LogP contribution in [0, 0.1) is 0 Å². The molecule has 20 heavy (non-hydrogen) atoms. The molecule has 0 N–H and O–H groups in total. The summed E-state index contributed by atoms with van der Waals surface area (Å²) in [6.07, 6.45) is 8.63. The van der Waals surface area contributed by atoms with Gasteiger partial charge in [0, 0.05) is 26.0 Å². The average Bonchev–Trinajstić information content (AvgIpc) is 2.96. The monoisotopic (exact) mass is 267 g/mol. The van der Waals surface area contributed by atoms with Gasteiger partial charge in [-0.1, -0.05) is 18.2 Å². The highest BCUT2D eigenvalue weighted by Gasteiger charge is 1.92. The van der Waals surface area contributed by atoms with Crippen LogP contribution in [-0.4, -0.2) is 26.5 Å². The maximum absolute atomic E-state index is 5.09. The number of rotatable bonds is 5. The van der Waals surface area contributed by atoms with E-state index in [4.69, 9.17) is 4.42 Å². The molecule has 0 spiro atoms. The third-order valence-corrected chi connectivity index (χ3v) is 2.65. The number of nitrogens with zero attached hydrogens (tertiary/aromatic N) is 3. The second kappa shape index (κ2) is 7.09. The fraction of sp³-hybridized carbons (Fsp3) is 0.125. The van der Waals surface area contributed by atoms with Crippen molar-refractivity contribution in [2.75, 3.05) is 19.0 Å². The van der Waals surface area contributed by atoms with E-state index in [1.165, 1.54) is 5.69 Å². The summed E-state index contributed by atoms with van der Waals surface area (Å²) >= 11 is 0. The molecular formula is C16H17N3O. The Hall–Kier alpha value is -2.62. The van der Waals surface area contributed by atoms with Crippen molar-refractivity contribution in [2.24, 2.45) is 10.2 Å². The van der Waals surface area contributed by atoms with Crippen LogP contribution in [0.1, 0.15) is 11.3 Å². The van der Waals surface area contributed by atoms with E-state index in [9.17, 15) is 0 Å². The maximum atomic E-state index is 5.09. The second-order valence-corrected chi connectivity index (χ2v) is 4.37. The second-order valence-electron chi connectivity index (χ2n) is 4.37. The van der Waals surface area contributed by atoms with E-state index >= 15 is 0 Å². The number of allylic oxidation sites excluding steroid dienone is 1. The van der Waals surface area contributed by atoms with Crippen LogP contribution < -0.4 is 4.90 Å². The van der Waals surface area contributed by atoms with Gasteiger partial charge in [0.1, 0.15) is 5.76 Å². The highest BCUT2D eigenvalue weighted by atomic mass is 16.3. The van der Waals surface area contributed by atoms with Gasteiger partial charge in [0.05, 0.1) is 12.5 Å². The molecular weight excluding hydrogens is 250 g/mol. The van der Waals surface area contributed by atoms with Crippen LogP contribution >= 0.6 is 0 Å². The molecule has 0 saturated heterocycles. The lowest BCUT2D eigenvalue weighted by atomic mass is 10.2. The fourth-order valence-corrected chi connectivity index (χ4v) is 1.57. The van der Waals surface area contributed by atoms with Crippen molar-refractivity contribution in [1.29, 1.82) is 0 Å². The first kappa shape index (κ1) is 13.8. The summed E-state index contributed by atoms with van der Waals surface area (Å²) in [4.78, 5) is 2.07. The Morgan fingerprint density at radius 2 is 1.85 bits per heavy atom. The summed E-state index contributed by atoms with van der Waals surface area (Å²) in [5.41, 5.74) is 2.30. The summed E-state index contributed by atoms with van der Waals surface area (Å²) < 4.78 is 5.09. The van der Waals surface area contributed by atoms with Crippen LogP contribution in [0.3, 0.4) is 0 Å². The van der Waals surface area contributed by atoms with Gasteiger partial charge < -0.3 is 9.32 Å². The summed E-state index contributed by atoms with van der Waals surface area (Å²) in [6.45, 7) is 0. The third-order valence-electron chi connectivity index (χ3n) is 2.65. The predicted octanol–water partition coefficient (Wildman–Crippen LogP) is 3.46. The van der Waals surface area contributed by atoms with E-state index in [2.05, 4.69) is 39.4 Å². The minimum atomic E-state index is 0.686. The SMILES string of the molecule is CN(C)c1ccc(/C=C/C=N\N=C\c2ccco2)cc1. The van der Waals surface area contributed by atoms with Crippen molar-refractivity contribution >= 4 is 24.2 Å². The van der Waals surface area contributed by atoms with E-state index in [0.717, 1.165) is 5.56 Å². The molecule has 2 rings (SSSR count). The molecule has 0 amide bonds. The zero-order valence-electron chi connectivity index (χ0n) is 11.6. The molecule has 0 saturated carbocycles. The largest absolute Gasteiger partial charge is 0.463 e. The molecule has 1 heterocycles. The van der Waals surface area contributed by atoms with E-state index < -0.39 is 0 Å². The first-order valence-electron chi connectivity index (χ1n) is 6.29. The smallest absolute Gasteiger partial charge is 0.146 e. The van der Waals surface area contributed by atoms with Crippen LogP contribution in [0.15, 0.2) is 63.4 Å². The Morgan fingerprint density at radius 1 is 1.05 bits per heavy atom. The van der Waals surface area contributed by atoms with Gasteiger partial charge in [0.25, 0.3) is 0 Å². The highest BCUT2D eigenvalue weighted by Crippen LogP contribution is 2.12. The molecule has 4 nitrogen and oxygen atoms in total. The molecule has 0 aliphatic rings. The normalized spacial score (nSPS) is 11.9. The van der Waals surface area contributed by atoms with Crippen molar-refractivity contribution in [2.45, 2.75) is 0 Å². The first-order valence-corrected chi connectivity index (χ1v) is 6.29. The van der Waals surface area contributed by atoms with Gasteiger partial charge in [-0.05, 0) is 35.9 Å². The van der Waals surface area contributed by atoms with Crippen molar-refractivity contribution in [3.8, 4) is 0 Å². The molecule has 0 aliphatic carbocycles. The van der Waals surface area contributed by atoms with E-state index in [0.29, 0.717) is 5.76 Å². The van der Waals surface area contributed by atoms with Gasteiger partial charge in [-0.2, -0.15) is 10.2 Å². The van der Waals surface area contributed by atoms with Gasteiger partial charge in [-0.15, -0.1) is 0 Å². The Bertz CT molecular complexity index is 593. The molecule has 0 aliphatic heterocycles. The quantitative estimate of drug-likeness (QED) is 0.615. The minimum Gasteiger partial charge on any atom is -0.463 e. The average molecular weight is 267 g/mol. The van der Waals surface area contributed by atoms with Crippen molar-refractivity contribution in [1.82, 2.24) is 0 Å². The number of hydrogen-bond donors (Lipinski definition) is 0. The molecule has 0 atom stereocenters. The Morgan fingerprint density at radius 3 is 2.50 bits per heavy atom. The van der Waals surface area contributed by atoms with Gasteiger partial charge in [0.2, 0.25) is 0 Å². The minimum absolute atomic E-state index is 0.686. The van der Waals surface area contributed by atoms with Crippen molar-refractivity contribution in [3.05, 3.63) is 60.1 Å². The third kappa shape index (κ3) is 4.24. The van der Waals surface area contributed by atoms with E-state index in [1.807, 2.05) is 38.4 Å². The standard InChI is InChI=1S/C16H17N3O/c1-19(2)15-9-7-14(8-10-15)5-3-11-17-18-13-16-6-4-12-20-16/h3-13H,1-2H3/b5-3+,17-11-,18-13+. The van der Waals surface area contributed by atoms with Gasteiger partial charge in [-0.25, -0.2) is 0 Å². The highest BCUT2D eigenvalue weighted by molar-refractivity contribution is 5.80. The van der Waals surface area contributed by atoms with Crippen molar-refractivity contribution in [3.63, 3.8) is 0 Å². The summed E-state index contributed by atoms with van der Waals surface area (Å²) in [5.74, 6) is 0.686. The van der Waals surface area contributed by atoms with Gasteiger partial charge >= 0.3 is 0 Å². The molecule has 1 aromatic heterocycles. The molecule has 4 heteroatoms. The lowest BCUT2D eigenvalue weighted by Crippen LogP contribution is -2.07. The summed E-state index contributed by atoms with van der Waals surface area (Å²) in [6, 6.07) is 11.9. The zero-order valence-corrected chi connectivity index (χ0v) is 11.6. The lowest BCUT2D eigenvalue weighted by Gasteiger charge is -2.11. The number of benzene rings is 1. The summed E-state index contributed by atoms with van der Waals surface area (Å²) in [7, 11) is 4.04. The maximum Gasteiger partial charge on any atom is 0.146 e. The molecule has 0 unspecified atom stereocenters. The number of furan rings is 1. The number of hydrogen-bond acceptors (Lipinski definition) is 4. The topological polar surface area (TPSA) is 41.1 Å². The molecule has 0 radical (unpaired) electrons. The van der Waals surface area contributed by atoms with Crippen LogP contribution in [0.2, 0.25) is 0 Å². The van der Waals surface area contributed by atoms with Gasteiger partial charge in [-0.3, -0.25) is 0 Å². The summed E-state index contributed by atoms with van der Waals surface area (Å²) in [5, 5.41) is 7.77. The number of anilines is 1. The fourth-order valence-electron chi connectivity index (χ4n) is 1.57. The lowest BCUT2D eigenvalue weighted by molar-refractivity contribution is 0.560. The molecule has 0 bridgehead atoms. The molecule has 1 aromatic carbocycles. The zero-order chi connectivity index (χ0) is 14.2. The van der Waals surface area contributed by atoms with Crippen LogP contribution in [-0.2, 0) is 0 Å². The van der Waals surface area contributed by atoms with Crippen LogP contribution in [0.4, 0.5) is 5.69 Å². The predicted molar refractivity (Wildman–Crippen MR) is 84.6 cm³/mol. The molecule has 0 fully saturated rings. The van der Waals surface area contributed by atoms with E-state index in [-0.39, 0.29) is 0 Å². The van der Waals surface area contributed by atoms with Crippen LogP contribution in [0.25, 0.3) is 6.08 Å². The Labute approximate surface area is 118 Å². The molecule has 2 aromatic rings. The Kier molecular flexibility index (Phi) is 4.89. The van der Waals surface area contributed by atoms with Crippen molar-refractivity contribution < 1.29 is 4.42 Å². The van der Waals surface area contributed by atoms with E-state index in [1.54, 1.807) is 18.7 Å².